The number of thiophene rings is 1. The van der Waals surface area contributed by atoms with Crippen LogP contribution in [0.3, 0.4) is 0 Å². The summed E-state index contributed by atoms with van der Waals surface area (Å²) in [5.74, 6) is -0.957. The van der Waals surface area contributed by atoms with Gasteiger partial charge in [0.25, 0.3) is 0 Å². The lowest BCUT2D eigenvalue weighted by atomic mass is 10.2. The van der Waals surface area contributed by atoms with Crippen molar-refractivity contribution in [1.82, 2.24) is 14.1 Å². The van der Waals surface area contributed by atoms with Crippen LogP contribution in [0.5, 0.6) is 0 Å². The molecule has 13 heteroatoms. The molecule has 0 saturated carbocycles. The normalized spacial score (nSPS) is 14.9. The van der Waals surface area contributed by atoms with Crippen LogP contribution in [0.1, 0.15) is 21.6 Å². The lowest BCUT2D eigenvalue weighted by molar-refractivity contribution is -0.137. The number of rotatable bonds is 11. The molecule has 1 saturated heterocycles. The topological polar surface area (TPSA) is 70.2 Å². The molecule has 0 unspecified atom stereocenters. The Hall–Kier alpha value is -2.84. The number of benzene rings is 2. The second-order valence-electron chi connectivity index (χ2n) is 9.72. The number of hydrogen-bond acceptors (Lipinski definition) is 6. The number of amides is 1. The van der Waals surface area contributed by atoms with E-state index in [2.05, 4.69) is 0 Å². The van der Waals surface area contributed by atoms with Crippen LogP contribution in [-0.4, -0.2) is 74.4 Å². The van der Waals surface area contributed by atoms with Crippen molar-refractivity contribution in [2.45, 2.75) is 31.1 Å². The fraction of sp³-hybridized carbons (Fsp3) is 0.393. The maximum atomic E-state index is 13.8. The molecular formula is C28H31F4N3O4S2. The fourth-order valence-electron chi connectivity index (χ4n) is 4.38. The van der Waals surface area contributed by atoms with Gasteiger partial charge in [-0.25, -0.2) is 12.8 Å². The van der Waals surface area contributed by atoms with Crippen LogP contribution in [0.25, 0.3) is 0 Å². The van der Waals surface area contributed by atoms with Crippen LogP contribution in [0.15, 0.2) is 64.9 Å². The number of halogens is 4. The van der Waals surface area contributed by atoms with E-state index in [1.54, 1.807) is 12.1 Å². The van der Waals surface area contributed by atoms with E-state index in [1.165, 1.54) is 28.4 Å². The summed E-state index contributed by atoms with van der Waals surface area (Å²) >= 11 is 1.45. The molecule has 0 spiro atoms. The first-order chi connectivity index (χ1) is 19.4. The Kier molecular flexibility index (Phi) is 10.2. The van der Waals surface area contributed by atoms with E-state index in [0.29, 0.717) is 37.9 Å². The quantitative estimate of drug-likeness (QED) is 0.292. The Morgan fingerprint density at radius 1 is 1.05 bits per heavy atom. The average molecular weight is 614 g/mol. The van der Waals surface area contributed by atoms with Gasteiger partial charge in [-0.2, -0.15) is 17.5 Å². The zero-order valence-corrected chi connectivity index (χ0v) is 24.1. The first kappa shape index (κ1) is 31.1. The van der Waals surface area contributed by atoms with Crippen molar-refractivity contribution >= 4 is 27.3 Å². The van der Waals surface area contributed by atoms with Crippen molar-refractivity contribution in [3.8, 4) is 0 Å². The summed E-state index contributed by atoms with van der Waals surface area (Å²) in [5, 5.41) is 1.89. The molecule has 0 atom stereocenters. The first-order valence-corrected chi connectivity index (χ1v) is 15.3. The van der Waals surface area contributed by atoms with Crippen LogP contribution in [0, 0.1) is 12.7 Å². The SMILES string of the molecule is Cc1ccsc1CN(Cc1ccc(F)cc1)C(=O)CN(CCN1CCOCC1)S(=O)(=O)c1cccc(C(F)(F)F)c1. The molecule has 0 aliphatic carbocycles. The maximum Gasteiger partial charge on any atom is 0.416 e. The predicted octanol–water partition coefficient (Wildman–Crippen LogP) is 4.77. The Morgan fingerprint density at radius 2 is 1.76 bits per heavy atom. The monoisotopic (exact) mass is 613 g/mol. The number of morpholine rings is 1. The molecule has 0 bridgehead atoms. The zero-order valence-electron chi connectivity index (χ0n) is 22.4. The van der Waals surface area contributed by atoms with Crippen molar-refractivity contribution in [2.75, 3.05) is 45.9 Å². The van der Waals surface area contributed by atoms with Gasteiger partial charge in [0.15, 0.2) is 0 Å². The Labute approximate surface area is 241 Å². The molecule has 3 aromatic rings. The third-order valence-electron chi connectivity index (χ3n) is 6.82. The lowest BCUT2D eigenvalue weighted by Gasteiger charge is -2.31. The molecule has 1 fully saturated rings. The molecule has 1 amide bonds. The number of carbonyl (C=O) groups is 1. The Morgan fingerprint density at radius 3 is 2.39 bits per heavy atom. The van der Waals surface area contributed by atoms with Crippen molar-refractivity contribution in [2.24, 2.45) is 0 Å². The zero-order chi connectivity index (χ0) is 29.6. The minimum atomic E-state index is -4.73. The maximum absolute atomic E-state index is 13.8. The number of ether oxygens (including phenoxy) is 1. The van der Waals surface area contributed by atoms with Crippen LogP contribution in [-0.2, 0) is 38.8 Å². The molecule has 1 aliphatic heterocycles. The number of carbonyl (C=O) groups excluding carboxylic acids is 1. The highest BCUT2D eigenvalue weighted by molar-refractivity contribution is 7.89. The van der Waals surface area contributed by atoms with E-state index in [9.17, 15) is 30.8 Å². The van der Waals surface area contributed by atoms with Gasteiger partial charge < -0.3 is 9.64 Å². The largest absolute Gasteiger partial charge is 0.416 e. The Balaban J connectivity index is 1.63. The minimum absolute atomic E-state index is 0.0946. The smallest absolute Gasteiger partial charge is 0.379 e. The molecule has 2 heterocycles. The molecular weight excluding hydrogens is 582 g/mol. The van der Waals surface area contributed by atoms with E-state index in [-0.39, 0.29) is 26.2 Å². The van der Waals surface area contributed by atoms with Crippen molar-refractivity contribution in [3.05, 3.63) is 87.4 Å². The second-order valence-corrected chi connectivity index (χ2v) is 12.7. The number of hydrogen-bond donors (Lipinski definition) is 0. The highest BCUT2D eigenvalue weighted by Crippen LogP contribution is 2.31. The number of alkyl halides is 3. The summed E-state index contributed by atoms with van der Waals surface area (Å²) in [4.78, 5) is 17.6. The van der Waals surface area contributed by atoms with Gasteiger partial charge >= 0.3 is 6.18 Å². The molecule has 4 rings (SSSR count). The minimum Gasteiger partial charge on any atom is -0.379 e. The van der Waals surface area contributed by atoms with E-state index in [4.69, 9.17) is 4.74 Å². The number of nitrogens with zero attached hydrogens (tertiary/aromatic N) is 3. The van der Waals surface area contributed by atoms with Gasteiger partial charge in [0.1, 0.15) is 5.82 Å². The van der Waals surface area contributed by atoms with E-state index in [0.717, 1.165) is 32.9 Å². The van der Waals surface area contributed by atoms with Crippen molar-refractivity contribution < 1.29 is 35.5 Å². The molecule has 1 aromatic heterocycles. The Bertz CT molecular complexity index is 1420. The van der Waals surface area contributed by atoms with Crippen LogP contribution < -0.4 is 0 Å². The molecule has 7 nitrogen and oxygen atoms in total. The van der Waals surface area contributed by atoms with E-state index in [1.807, 2.05) is 23.3 Å². The van der Waals surface area contributed by atoms with Crippen LogP contribution >= 0.6 is 11.3 Å². The third-order valence-corrected chi connectivity index (χ3v) is 9.67. The van der Waals surface area contributed by atoms with Gasteiger partial charge in [0.05, 0.1) is 36.8 Å². The van der Waals surface area contributed by atoms with Crippen molar-refractivity contribution in [3.63, 3.8) is 0 Å². The summed E-state index contributed by atoms with van der Waals surface area (Å²) in [6.45, 7) is 3.88. The summed E-state index contributed by atoms with van der Waals surface area (Å²) in [5.41, 5.74) is 0.520. The molecule has 1 aliphatic rings. The number of sulfonamides is 1. The van der Waals surface area contributed by atoms with E-state index < -0.39 is 44.9 Å². The summed E-state index contributed by atoms with van der Waals surface area (Å²) in [6, 6.07) is 11.1. The van der Waals surface area contributed by atoms with Gasteiger partial charge in [0, 0.05) is 37.6 Å². The molecule has 2 aromatic carbocycles. The second kappa shape index (κ2) is 13.4. The van der Waals surface area contributed by atoms with Gasteiger partial charge in [0.2, 0.25) is 15.9 Å². The summed E-state index contributed by atoms with van der Waals surface area (Å²) < 4.78 is 87.4. The van der Waals surface area contributed by atoms with E-state index >= 15 is 0 Å². The molecule has 41 heavy (non-hydrogen) atoms. The number of aryl methyl sites for hydroxylation is 1. The lowest BCUT2D eigenvalue weighted by Crippen LogP contribution is -2.47. The van der Waals surface area contributed by atoms with Crippen LogP contribution in [0.4, 0.5) is 17.6 Å². The highest BCUT2D eigenvalue weighted by atomic mass is 32.2. The van der Waals surface area contributed by atoms with Crippen LogP contribution in [0.2, 0.25) is 0 Å². The average Bonchev–Trinajstić information content (AvgIpc) is 3.35. The van der Waals surface area contributed by atoms with Gasteiger partial charge in [-0.1, -0.05) is 18.2 Å². The van der Waals surface area contributed by atoms with Crippen molar-refractivity contribution in [1.29, 1.82) is 0 Å². The highest BCUT2D eigenvalue weighted by Gasteiger charge is 2.34. The van der Waals surface area contributed by atoms with Gasteiger partial charge in [-0.05, 0) is 59.8 Å². The molecule has 0 radical (unpaired) electrons. The van der Waals surface area contributed by atoms with Gasteiger partial charge in [-0.15, -0.1) is 11.3 Å². The summed E-state index contributed by atoms with van der Waals surface area (Å²) in [6.07, 6.45) is -4.73. The fourth-order valence-corrected chi connectivity index (χ4v) is 6.72. The predicted molar refractivity (Wildman–Crippen MR) is 147 cm³/mol. The first-order valence-electron chi connectivity index (χ1n) is 13.0. The third kappa shape index (κ3) is 8.35. The summed E-state index contributed by atoms with van der Waals surface area (Å²) in [7, 11) is -4.48. The van der Waals surface area contributed by atoms with Gasteiger partial charge in [-0.3, -0.25) is 9.69 Å². The standard InChI is InChI=1S/C28H31F4N3O4S2/c1-21-9-16-40-26(21)19-34(18-22-5-7-24(29)8-6-22)27(36)20-35(11-10-33-12-14-39-15-13-33)41(37,38)25-4-2-3-23(17-25)28(30,31)32/h2-9,16-17H,10-15,18-20H2,1H3. The molecule has 222 valence electrons. The molecule has 0 N–H and O–H groups in total.